The lowest BCUT2D eigenvalue weighted by Gasteiger charge is -2.31. The molecule has 21 heavy (non-hydrogen) atoms. The lowest BCUT2D eigenvalue weighted by molar-refractivity contribution is -0.132. The first kappa shape index (κ1) is 15.9. The lowest BCUT2D eigenvalue weighted by Crippen LogP contribution is -2.44. The number of nitrogens with zero attached hydrogens (tertiary/aromatic N) is 2. The Labute approximate surface area is 128 Å². The molecule has 2 amide bonds. The van der Waals surface area contributed by atoms with Crippen LogP contribution in [0, 0.1) is 19.8 Å². The van der Waals surface area contributed by atoms with Gasteiger partial charge in [0.15, 0.2) is 0 Å². The highest BCUT2D eigenvalue weighted by Gasteiger charge is 2.26. The molecule has 6 nitrogen and oxygen atoms in total. The van der Waals surface area contributed by atoms with Crippen molar-refractivity contribution in [3.8, 4) is 0 Å². The van der Waals surface area contributed by atoms with E-state index in [0.717, 1.165) is 29.9 Å². The van der Waals surface area contributed by atoms with Gasteiger partial charge in [-0.15, -0.1) is 11.8 Å². The van der Waals surface area contributed by atoms with Gasteiger partial charge < -0.3 is 15.2 Å². The first-order valence-corrected chi connectivity index (χ1v) is 8.21. The van der Waals surface area contributed by atoms with Crippen LogP contribution in [0.2, 0.25) is 0 Å². The molecule has 2 heterocycles. The van der Waals surface area contributed by atoms with Gasteiger partial charge in [-0.2, -0.15) is 0 Å². The summed E-state index contributed by atoms with van der Waals surface area (Å²) in [7, 11) is 0. The van der Waals surface area contributed by atoms with E-state index in [4.69, 9.17) is 10.3 Å². The van der Waals surface area contributed by atoms with Gasteiger partial charge in [0.25, 0.3) is 0 Å². The molecule has 116 valence electrons. The Hall–Kier alpha value is -1.50. The van der Waals surface area contributed by atoms with Crippen LogP contribution in [0.15, 0.2) is 4.52 Å². The Morgan fingerprint density at radius 2 is 2.24 bits per heavy atom. The number of aryl methyl sites for hydroxylation is 2. The highest BCUT2D eigenvalue weighted by Crippen LogP contribution is 2.21. The van der Waals surface area contributed by atoms with E-state index in [9.17, 15) is 9.59 Å². The fraction of sp³-hybridized carbons (Fsp3) is 0.643. The lowest BCUT2D eigenvalue weighted by atomic mass is 9.97. The first-order chi connectivity index (χ1) is 9.99. The highest BCUT2D eigenvalue weighted by atomic mass is 32.2. The van der Waals surface area contributed by atoms with Gasteiger partial charge in [0.1, 0.15) is 5.76 Å². The van der Waals surface area contributed by atoms with Crippen LogP contribution in [0.1, 0.15) is 29.9 Å². The molecule has 7 heteroatoms. The summed E-state index contributed by atoms with van der Waals surface area (Å²) < 4.78 is 5.10. The van der Waals surface area contributed by atoms with E-state index in [1.54, 1.807) is 16.7 Å². The molecule has 1 fully saturated rings. The summed E-state index contributed by atoms with van der Waals surface area (Å²) in [6.45, 7) is 4.95. The molecule has 1 aromatic heterocycles. The SMILES string of the molecule is Cc1noc(C)c1CSCC(=O)N1CCC[C@@H](C(N)=O)C1. The summed E-state index contributed by atoms with van der Waals surface area (Å²) in [5.74, 6) is 1.47. The van der Waals surface area contributed by atoms with Crippen LogP contribution in [0.5, 0.6) is 0 Å². The van der Waals surface area contributed by atoms with Crippen molar-refractivity contribution in [1.29, 1.82) is 0 Å². The number of hydrogen-bond acceptors (Lipinski definition) is 5. The number of aromatic nitrogens is 1. The van der Waals surface area contributed by atoms with Gasteiger partial charge >= 0.3 is 0 Å². The van der Waals surface area contributed by atoms with Crippen molar-refractivity contribution in [2.45, 2.75) is 32.4 Å². The van der Waals surface area contributed by atoms with E-state index >= 15 is 0 Å². The summed E-state index contributed by atoms with van der Waals surface area (Å²) >= 11 is 1.54. The van der Waals surface area contributed by atoms with Crippen LogP contribution in [0.4, 0.5) is 0 Å². The molecule has 0 spiro atoms. The molecule has 0 bridgehead atoms. The van der Waals surface area contributed by atoms with Crippen LogP contribution in [-0.4, -0.2) is 40.7 Å². The largest absolute Gasteiger partial charge is 0.369 e. The van der Waals surface area contributed by atoms with E-state index in [1.165, 1.54) is 0 Å². The van der Waals surface area contributed by atoms with Crippen LogP contribution in [-0.2, 0) is 15.3 Å². The Balaban J connectivity index is 1.80. The number of amides is 2. The predicted molar refractivity (Wildman–Crippen MR) is 80.6 cm³/mol. The van der Waals surface area contributed by atoms with Crippen molar-refractivity contribution in [1.82, 2.24) is 10.1 Å². The third-order valence-corrected chi connectivity index (χ3v) is 4.77. The Kier molecular flexibility index (Phi) is 5.27. The number of piperidine rings is 1. The van der Waals surface area contributed by atoms with E-state index in [0.29, 0.717) is 24.6 Å². The molecule has 0 radical (unpaired) electrons. The van der Waals surface area contributed by atoms with Crippen LogP contribution in [0.25, 0.3) is 0 Å². The van der Waals surface area contributed by atoms with E-state index in [1.807, 2.05) is 13.8 Å². The van der Waals surface area contributed by atoms with Crippen LogP contribution >= 0.6 is 11.8 Å². The maximum Gasteiger partial charge on any atom is 0.232 e. The zero-order valence-corrected chi connectivity index (χ0v) is 13.2. The Morgan fingerprint density at radius 1 is 1.48 bits per heavy atom. The molecule has 1 atom stereocenters. The highest BCUT2D eigenvalue weighted by molar-refractivity contribution is 7.99. The zero-order chi connectivity index (χ0) is 15.4. The summed E-state index contributed by atoms with van der Waals surface area (Å²) in [6, 6.07) is 0. The number of nitrogens with two attached hydrogens (primary N) is 1. The summed E-state index contributed by atoms with van der Waals surface area (Å²) in [5.41, 5.74) is 7.26. The molecule has 0 aromatic carbocycles. The maximum atomic E-state index is 12.2. The minimum atomic E-state index is -0.309. The van der Waals surface area contributed by atoms with Crippen LogP contribution < -0.4 is 5.73 Å². The Morgan fingerprint density at radius 3 is 2.86 bits per heavy atom. The number of thioether (sulfide) groups is 1. The molecule has 2 rings (SSSR count). The van der Waals surface area contributed by atoms with Gasteiger partial charge in [-0.1, -0.05) is 5.16 Å². The smallest absolute Gasteiger partial charge is 0.232 e. The van der Waals surface area contributed by atoms with Gasteiger partial charge in [0.2, 0.25) is 11.8 Å². The number of carbonyl (C=O) groups excluding carboxylic acids is 2. The standard InChI is InChI=1S/C14H21N3O3S/c1-9-12(10(2)20-16-9)7-21-8-13(18)17-5-3-4-11(6-17)14(15)19/h11H,3-8H2,1-2H3,(H2,15,19)/t11-/m1/s1. The number of primary amides is 1. The van der Waals surface area contributed by atoms with Crippen molar-refractivity contribution < 1.29 is 14.1 Å². The number of carbonyl (C=O) groups is 2. The van der Waals surface area contributed by atoms with Crippen molar-refractivity contribution in [3.63, 3.8) is 0 Å². The molecule has 1 aliphatic heterocycles. The number of rotatable bonds is 5. The topological polar surface area (TPSA) is 89.4 Å². The molecule has 1 aliphatic rings. The average molecular weight is 311 g/mol. The number of likely N-dealkylation sites (tertiary alicyclic amines) is 1. The van der Waals surface area contributed by atoms with E-state index in [-0.39, 0.29) is 17.7 Å². The normalized spacial score (nSPS) is 18.8. The van der Waals surface area contributed by atoms with Crippen molar-refractivity contribution in [3.05, 3.63) is 17.0 Å². The number of hydrogen-bond donors (Lipinski definition) is 1. The van der Waals surface area contributed by atoms with Gasteiger partial charge in [-0.25, -0.2) is 0 Å². The third-order valence-electron chi connectivity index (χ3n) is 3.83. The van der Waals surface area contributed by atoms with Gasteiger partial charge in [0.05, 0.1) is 17.4 Å². The fourth-order valence-electron chi connectivity index (χ4n) is 2.48. The second-order valence-corrected chi connectivity index (χ2v) is 6.36. The molecule has 1 aromatic rings. The summed E-state index contributed by atoms with van der Waals surface area (Å²) in [4.78, 5) is 25.2. The Bertz CT molecular complexity index is 510. The van der Waals surface area contributed by atoms with Crippen molar-refractivity contribution >= 4 is 23.6 Å². The van der Waals surface area contributed by atoms with Gasteiger partial charge in [-0.3, -0.25) is 9.59 Å². The predicted octanol–water partition coefficient (Wildman–Crippen LogP) is 1.25. The van der Waals surface area contributed by atoms with Crippen molar-refractivity contribution in [2.75, 3.05) is 18.8 Å². The van der Waals surface area contributed by atoms with Gasteiger partial charge in [-0.05, 0) is 26.7 Å². The summed E-state index contributed by atoms with van der Waals surface area (Å²) in [5, 5.41) is 3.90. The quantitative estimate of drug-likeness (QED) is 0.884. The zero-order valence-electron chi connectivity index (χ0n) is 12.4. The molecular formula is C14H21N3O3S. The van der Waals surface area contributed by atoms with Crippen LogP contribution in [0.3, 0.4) is 0 Å². The molecule has 0 unspecified atom stereocenters. The molecule has 0 aliphatic carbocycles. The van der Waals surface area contributed by atoms with Crippen molar-refractivity contribution in [2.24, 2.45) is 11.7 Å². The molecule has 1 saturated heterocycles. The maximum absolute atomic E-state index is 12.2. The fourth-order valence-corrected chi connectivity index (χ4v) is 3.55. The minimum absolute atomic E-state index is 0.0673. The average Bonchev–Trinajstić information content (AvgIpc) is 2.79. The molecule has 2 N–H and O–H groups in total. The van der Waals surface area contributed by atoms with E-state index < -0.39 is 0 Å². The minimum Gasteiger partial charge on any atom is -0.369 e. The van der Waals surface area contributed by atoms with Gasteiger partial charge in [0, 0.05) is 24.4 Å². The second kappa shape index (κ2) is 6.98. The third kappa shape index (κ3) is 4.00. The molecule has 0 saturated carbocycles. The molecular weight excluding hydrogens is 290 g/mol. The summed E-state index contributed by atoms with van der Waals surface area (Å²) in [6.07, 6.45) is 1.62. The monoisotopic (exact) mass is 311 g/mol. The first-order valence-electron chi connectivity index (χ1n) is 7.05. The second-order valence-electron chi connectivity index (χ2n) is 5.38. The van der Waals surface area contributed by atoms with E-state index in [2.05, 4.69) is 5.16 Å².